The second-order valence-electron chi connectivity index (χ2n) is 5.58. The van der Waals surface area contributed by atoms with Gasteiger partial charge in [-0.3, -0.25) is 0 Å². The molecule has 1 atom stereocenters. The zero-order valence-corrected chi connectivity index (χ0v) is 13.4. The van der Waals surface area contributed by atoms with Gasteiger partial charge in [0.15, 0.2) is 0 Å². The van der Waals surface area contributed by atoms with Crippen molar-refractivity contribution in [1.82, 2.24) is 0 Å². The molecule has 0 saturated carbocycles. The molecular weight excluding hydrogens is 270 g/mol. The highest BCUT2D eigenvalue weighted by Gasteiger charge is 2.10. The van der Waals surface area contributed by atoms with Gasteiger partial charge in [0, 0.05) is 0 Å². The van der Waals surface area contributed by atoms with Crippen LogP contribution in [0.2, 0.25) is 0 Å². The lowest BCUT2D eigenvalue weighted by molar-refractivity contribution is 0.304. The van der Waals surface area contributed by atoms with E-state index in [-0.39, 0.29) is 5.92 Å². The molecular formula is C20H23NO. The van der Waals surface area contributed by atoms with Crippen LogP contribution >= 0.6 is 0 Å². The van der Waals surface area contributed by atoms with Crippen molar-refractivity contribution < 1.29 is 4.74 Å². The molecule has 0 amide bonds. The summed E-state index contributed by atoms with van der Waals surface area (Å²) >= 11 is 0. The van der Waals surface area contributed by atoms with Crippen LogP contribution < -0.4 is 4.74 Å². The van der Waals surface area contributed by atoms with Gasteiger partial charge in [0.1, 0.15) is 5.75 Å². The number of hydrogen-bond acceptors (Lipinski definition) is 2. The van der Waals surface area contributed by atoms with Gasteiger partial charge in [0.25, 0.3) is 0 Å². The third-order valence-electron chi connectivity index (χ3n) is 3.85. The quantitative estimate of drug-likeness (QED) is 0.671. The second kappa shape index (κ2) is 8.24. The molecule has 2 heteroatoms. The first-order chi connectivity index (χ1) is 10.7. The Morgan fingerprint density at radius 3 is 2.59 bits per heavy atom. The SMILES string of the molecule is CCc1cccc(OCCCC(C#N)c2ccc(C)cc2)c1. The van der Waals surface area contributed by atoms with Crippen molar-refractivity contribution in [2.24, 2.45) is 0 Å². The fraction of sp³-hybridized carbons (Fsp3) is 0.350. The summed E-state index contributed by atoms with van der Waals surface area (Å²) in [6, 6.07) is 18.8. The van der Waals surface area contributed by atoms with Crippen molar-refractivity contribution in [2.75, 3.05) is 6.61 Å². The van der Waals surface area contributed by atoms with Gasteiger partial charge in [-0.05, 0) is 49.4 Å². The summed E-state index contributed by atoms with van der Waals surface area (Å²) in [6.07, 6.45) is 2.72. The summed E-state index contributed by atoms with van der Waals surface area (Å²) in [6.45, 7) is 4.85. The molecule has 2 nitrogen and oxygen atoms in total. The third-order valence-corrected chi connectivity index (χ3v) is 3.85. The molecule has 0 aromatic heterocycles. The van der Waals surface area contributed by atoms with Gasteiger partial charge < -0.3 is 4.74 Å². The van der Waals surface area contributed by atoms with Gasteiger partial charge in [0.05, 0.1) is 18.6 Å². The van der Waals surface area contributed by atoms with E-state index in [9.17, 15) is 5.26 Å². The minimum absolute atomic E-state index is 0.0498. The number of benzene rings is 2. The largest absolute Gasteiger partial charge is 0.494 e. The lowest BCUT2D eigenvalue weighted by Crippen LogP contribution is -2.02. The van der Waals surface area contributed by atoms with Gasteiger partial charge in [-0.15, -0.1) is 0 Å². The first kappa shape index (κ1) is 16.1. The normalized spacial score (nSPS) is 11.7. The van der Waals surface area contributed by atoms with Crippen molar-refractivity contribution in [2.45, 2.75) is 39.0 Å². The Kier molecular flexibility index (Phi) is 6.03. The first-order valence-corrected chi connectivity index (χ1v) is 7.91. The van der Waals surface area contributed by atoms with Crippen LogP contribution in [0.25, 0.3) is 0 Å². The topological polar surface area (TPSA) is 33.0 Å². The molecule has 0 aliphatic carbocycles. The van der Waals surface area contributed by atoms with E-state index in [0.29, 0.717) is 6.61 Å². The van der Waals surface area contributed by atoms with Crippen LogP contribution in [-0.4, -0.2) is 6.61 Å². The molecule has 0 bridgehead atoms. The van der Waals surface area contributed by atoms with Crippen LogP contribution in [0.5, 0.6) is 5.75 Å². The van der Waals surface area contributed by atoms with Crippen molar-refractivity contribution in [1.29, 1.82) is 5.26 Å². The van der Waals surface area contributed by atoms with Gasteiger partial charge in [-0.1, -0.05) is 48.9 Å². The number of rotatable bonds is 7. The van der Waals surface area contributed by atoms with E-state index < -0.39 is 0 Å². The van der Waals surface area contributed by atoms with E-state index >= 15 is 0 Å². The Bertz CT molecular complexity index is 625. The molecule has 22 heavy (non-hydrogen) atoms. The third kappa shape index (κ3) is 4.63. The summed E-state index contributed by atoms with van der Waals surface area (Å²) in [4.78, 5) is 0. The highest BCUT2D eigenvalue weighted by Crippen LogP contribution is 2.21. The zero-order chi connectivity index (χ0) is 15.8. The summed E-state index contributed by atoms with van der Waals surface area (Å²) in [7, 11) is 0. The fourth-order valence-corrected chi connectivity index (χ4v) is 2.44. The minimum Gasteiger partial charge on any atom is -0.494 e. The lowest BCUT2D eigenvalue weighted by Gasteiger charge is -2.11. The predicted molar refractivity (Wildman–Crippen MR) is 90.1 cm³/mol. The Labute approximate surface area is 133 Å². The van der Waals surface area contributed by atoms with Gasteiger partial charge in [-0.2, -0.15) is 5.26 Å². The Morgan fingerprint density at radius 2 is 1.91 bits per heavy atom. The second-order valence-corrected chi connectivity index (χ2v) is 5.58. The molecule has 0 aliphatic rings. The molecule has 2 aromatic rings. The van der Waals surface area contributed by atoms with E-state index in [1.54, 1.807) is 0 Å². The molecule has 0 N–H and O–H groups in total. The lowest BCUT2D eigenvalue weighted by atomic mass is 9.95. The number of hydrogen-bond donors (Lipinski definition) is 0. The van der Waals surface area contributed by atoms with E-state index in [1.807, 2.05) is 12.1 Å². The smallest absolute Gasteiger partial charge is 0.119 e. The minimum atomic E-state index is -0.0498. The molecule has 0 aliphatic heterocycles. The van der Waals surface area contributed by atoms with E-state index in [2.05, 4.69) is 56.3 Å². The van der Waals surface area contributed by atoms with Gasteiger partial charge >= 0.3 is 0 Å². The maximum absolute atomic E-state index is 9.34. The highest BCUT2D eigenvalue weighted by atomic mass is 16.5. The molecule has 1 unspecified atom stereocenters. The number of nitriles is 1. The fourth-order valence-electron chi connectivity index (χ4n) is 2.44. The predicted octanol–water partition coefficient (Wildman–Crippen LogP) is 5.02. The monoisotopic (exact) mass is 293 g/mol. The van der Waals surface area contributed by atoms with Crippen LogP contribution in [-0.2, 0) is 6.42 Å². The maximum atomic E-state index is 9.34. The van der Waals surface area contributed by atoms with Crippen LogP contribution in [0.15, 0.2) is 48.5 Å². The molecule has 0 radical (unpaired) electrons. The number of ether oxygens (including phenoxy) is 1. The highest BCUT2D eigenvalue weighted by molar-refractivity contribution is 5.29. The Hall–Kier alpha value is -2.27. The van der Waals surface area contributed by atoms with Crippen LogP contribution in [0, 0.1) is 18.3 Å². The first-order valence-electron chi connectivity index (χ1n) is 7.91. The summed E-state index contributed by atoms with van der Waals surface area (Å²) < 4.78 is 5.79. The molecule has 0 heterocycles. The van der Waals surface area contributed by atoms with Gasteiger partial charge in [0.2, 0.25) is 0 Å². The maximum Gasteiger partial charge on any atom is 0.119 e. The summed E-state index contributed by atoms with van der Waals surface area (Å²) in [5, 5.41) is 9.34. The average molecular weight is 293 g/mol. The van der Waals surface area contributed by atoms with Crippen molar-refractivity contribution in [3.05, 3.63) is 65.2 Å². The molecule has 2 aromatic carbocycles. The van der Waals surface area contributed by atoms with Crippen LogP contribution in [0.3, 0.4) is 0 Å². The van der Waals surface area contributed by atoms with E-state index in [0.717, 1.165) is 30.6 Å². The molecule has 0 spiro atoms. The van der Waals surface area contributed by atoms with Gasteiger partial charge in [-0.25, -0.2) is 0 Å². The Morgan fingerprint density at radius 1 is 1.14 bits per heavy atom. The summed E-state index contributed by atoms with van der Waals surface area (Å²) in [5.74, 6) is 0.870. The zero-order valence-electron chi connectivity index (χ0n) is 13.4. The van der Waals surface area contributed by atoms with Crippen LogP contribution in [0.4, 0.5) is 0 Å². The number of nitrogens with zero attached hydrogens (tertiary/aromatic N) is 1. The molecule has 0 saturated heterocycles. The standard InChI is InChI=1S/C20H23NO/c1-3-17-6-4-8-20(14-17)22-13-5-7-19(15-21)18-11-9-16(2)10-12-18/h4,6,8-12,14,19H,3,5,7,13H2,1-2H3. The molecule has 0 fully saturated rings. The van der Waals surface area contributed by atoms with Crippen molar-refractivity contribution in [3.8, 4) is 11.8 Å². The molecule has 114 valence electrons. The Balaban J connectivity index is 1.81. The average Bonchev–Trinajstić information content (AvgIpc) is 2.56. The van der Waals surface area contributed by atoms with Crippen LogP contribution in [0.1, 0.15) is 42.4 Å². The summed E-state index contributed by atoms with van der Waals surface area (Å²) in [5.41, 5.74) is 3.60. The molecule has 2 rings (SSSR count). The van der Waals surface area contributed by atoms with E-state index in [1.165, 1.54) is 11.1 Å². The van der Waals surface area contributed by atoms with Crippen molar-refractivity contribution in [3.63, 3.8) is 0 Å². The van der Waals surface area contributed by atoms with Crippen molar-refractivity contribution >= 4 is 0 Å². The number of aryl methyl sites for hydroxylation is 2. The van der Waals surface area contributed by atoms with E-state index in [4.69, 9.17) is 4.74 Å².